The molecule has 1 N–H and O–H groups in total. The van der Waals surface area contributed by atoms with Gasteiger partial charge in [0.25, 0.3) is 0 Å². The number of ether oxygens (including phenoxy) is 1. The van der Waals surface area contributed by atoms with E-state index in [9.17, 15) is 14.9 Å². The van der Waals surface area contributed by atoms with Gasteiger partial charge in [0, 0.05) is 11.3 Å². The van der Waals surface area contributed by atoms with Gasteiger partial charge in [-0.1, -0.05) is 37.3 Å². The Labute approximate surface area is 124 Å². The quantitative estimate of drug-likeness (QED) is 0.667. The SMILES string of the molecule is CCC([C@H](NC(=O)OC(C)(C)C)c1ccccc1)[N+](=O)[O-]. The third-order valence-corrected chi connectivity index (χ3v) is 2.90. The van der Waals surface area contributed by atoms with E-state index in [0.29, 0.717) is 12.0 Å². The number of nitrogens with one attached hydrogen (secondary N) is 1. The minimum Gasteiger partial charge on any atom is -0.444 e. The molecule has 0 aromatic heterocycles. The number of nitrogens with zero attached hydrogens (tertiary/aromatic N) is 1. The summed E-state index contributed by atoms with van der Waals surface area (Å²) in [5.41, 5.74) is 0.0358. The lowest BCUT2D eigenvalue weighted by molar-refractivity contribution is -0.528. The summed E-state index contributed by atoms with van der Waals surface area (Å²) in [4.78, 5) is 22.8. The number of rotatable bonds is 5. The number of hydrogen-bond acceptors (Lipinski definition) is 4. The molecule has 6 nitrogen and oxygen atoms in total. The van der Waals surface area contributed by atoms with E-state index < -0.39 is 23.8 Å². The minimum atomic E-state index is -0.903. The molecule has 21 heavy (non-hydrogen) atoms. The first-order valence-electron chi connectivity index (χ1n) is 6.92. The molecule has 1 aromatic carbocycles. The molecule has 0 radical (unpaired) electrons. The molecule has 0 aliphatic heterocycles. The zero-order valence-corrected chi connectivity index (χ0v) is 12.8. The molecule has 1 rings (SSSR count). The van der Waals surface area contributed by atoms with Crippen LogP contribution in [0.1, 0.15) is 45.7 Å². The van der Waals surface area contributed by atoms with Crippen LogP contribution in [0.2, 0.25) is 0 Å². The Bertz CT molecular complexity index is 482. The highest BCUT2D eigenvalue weighted by molar-refractivity contribution is 5.68. The first-order valence-corrected chi connectivity index (χ1v) is 6.92. The number of carbonyl (C=O) groups is 1. The molecule has 0 spiro atoms. The van der Waals surface area contributed by atoms with Gasteiger partial charge in [-0.2, -0.15) is 0 Å². The van der Waals surface area contributed by atoms with E-state index in [4.69, 9.17) is 4.74 Å². The lowest BCUT2D eigenvalue weighted by atomic mass is 9.98. The molecule has 0 bridgehead atoms. The molecule has 0 heterocycles. The average Bonchev–Trinajstić information content (AvgIpc) is 2.37. The maximum atomic E-state index is 11.9. The smallest absolute Gasteiger partial charge is 0.408 e. The van der Waals surface area contributed by atoms with E-state index >= 15 is 0 Å². The van der Waals surface area contributed by atoms with E-state index in [1.54, 1.807) is 52.0 Å². The van der Waals surface area contributed by atoms with Crippen LogP contribution < -0.4 is 5.32 Å². The van der Waals surface area contributed by atoms with Gasteiger partial charge < -0.3 is 10.1 Å². The summed E-state index contributed by atoms with van der Waals surface area (Å²) in [5.74, 6) is 0. The molecule has 116 valence electrons. The second-order valence-electron chi connectivity index (χ2n) is 5.80. The number of alkyl carbamates (subject to hydrolysis) is 1. The van der Waals surface area contributed by atoms with Crippen molar-refractivity contribution >= 4 is 6.09 Å². The van der Waals surface area contributed by atoms with Crippen LogP contribution in [0.3, 0.4) is 0 Å². The van der Waals surface area contributed by atoms with Crippen LogP contribution >= 0.6 is 0 Å². The second kappa shape index (κ2) is 7.06. The van der Waals surface area contributed by atoms with Gasteiger partial charge in [-0.15, -0.1) is 0 Å². The van der Waals surface area contributed by atoms with Crippen LogP contribution in [0.15, 0.2) is 30.3 Å². The number of nitro groups is 1. The van der Waals surface area contributed by atoms with Crippen LogP contribution in [0.5, 0.6) is 0 Å². The zero-order valence-electron chi connectivity index (χ0n) is 12.8. The van der Waals surface area contributed by atoms with Crippen LogP contribution in [-0.2, 0) is 4.74 Å². The van der Waals surface area contributed by atoms with Gasteiger partial charge >= 0.3 is 6.09 Å². The van der Waals surface area contributed by atoms with Crippen LogP contribution in [0.4, 0.5) is 4.79 Å². The van der Waals surface area contributed by atoms with E-state index in [-0.39, 0.29) is 4.92 Å². The van der Waals surface area contributed by atoms with Crippen molar-refractivity contribution in [1.82, 2.24) is 5.32 Å². The maximum Gasteiger partial charge on any atom is 0.408 e. The number of hydrogen-bond donors (Lipinski definition) is 1. The normalized spacial score (nSPS) is 14.1. The molecule has 0 saturated carbocycles. The number of benzene rings is 1. The molecule has 1 aromatic rings. The van der Waals surface area contributed by atoms with Crippen LogP contribution in [0, 0.1) is 10.1 Å². The van der Waals surface area contributed by atoms with Crippen molar-refractivity contribution in [2.45, 2.75) is 51.8 Å². The first-order chi connectivity index (χ1) is 9.74. The van der Waals surface area contributed by atoms with E-state index in [1.165, 1.54) is 0 Å². The lowest BCUT2D eigenvalue weighted by Crippen LogP contribution is -2.42. The van der Waals surface area contributed by atoms with Crippen molar-refractivity contribution in [1.29, 1.82) is 0 Å². The highest BCUT2D eigenvalue weighted by atomic mass is 16.6. The van der Waals surface area contributed by atoms with Gasteiger partial charge in [0.2, 0.25) is 6.04 Å². The fourth-order valence-corrected chi connectivity index (χ4v) is 2.00. The molecule has 1 unspecified atom stereocenters. The van der Waals surface area contributed by atoms with Crippen molar-refractivity contribution in [3.63, 3.8) is 0 Å². The molecule has 1 amide bonds. The van der Waals surface area contributed by atoms with Gasteiger partial charge in [0.15, 0.2) is 0 Å². The highest BCUT2D eigenvalue weighted by Crippen LogP contribution is 2.22. The second-order valence-corrected chi connectivity index (χ2v) is 5.80. The predicted molar refractivity (Wildman–Crippen MR) is 79.6 cm³/mol. The fourth-order valence-electron chi connectivity index (χ4n) is 2.00. The monoisotopic (exact) mass is 294 g/mol. The molecular weight excluding hydrogens is 272 g/mol. The van der Waals surface area contributed by atoms with Crippen molar-refractivity contribution in [2.24, 2.45) is 0 Å². The molecule has 0 fully saturated rings. The summed E-state index contributed by atoms with van der Waals surface area (Å²) < 4.78 is 5.19. The Balaban J connectivity index is 2.98. The van der Waals surface area contributed by atoms with Crippen LogP contribution in [0.25, 0.3) is 0 Å². The largest absolute Gasteiger partial charge is 0.444 e. The maximum absolute atomic E-state index is 11.9. The third-order valence-electron chi connectivity index (χ3n) is 2.90. The Kier molecular flexibility index (Phi) is 5.69. The standard InChI is InChI=1S/C15H22N2O4/c1-5-12(17(19)20)13(11-9-7-6-8-10-11)16-14(18)21-15(2,3)4/h6-10,12-13H,5H2,1-4H3,(H,16,18)/t12?,13-/m1/s1. The number of carbonyl (C=O) groups excluding carboxylic acids is 1. The minimum absolute atomic E-state index is 0.308. The van der Waals surface area contributed by atoms with Crippen molar-refractivity contribution in [2.75, 3.05) is 0 Å². The summed E-state index contributed by atoms with van der Waals surface area (Å²) in [7, 11) is 0. The van der Waals surface area contributed by atoms with E-state index in [1.807, 2.05) is 6.07 Å². The van der Waals surface area contributed by atoms with Gasteiger partial charge in [0.05, 0.1) is 0 Å². The molecule has 0 aliphatic rings. The van der Waals surface area contributed by atoms with Crippen molar-refractivity contribution in [3.8, 4) is 0 Å². The Morgan fingerprint density at radius 2 is 1.90 bits per heavy atom. The molecular formula is C15H22N2O4. The molecule has 0 aliphatic carbocycles. The summed E-state index contributed by atoms with van der Waals surface area (Å²) in [6.45, 7) is 6.96. The van der Waals surface area contributed by atoms with Crippen molar-refractivity contribution < 1.29 is 14.5 Å². The van der Waals surface area contributed by atoms with Crippen molar-refractivity contribution in [3.05, 3.63) is 46.0 Å². The Morgan fingerprint density at radius 1 is 1.33 bits per heavy atom. The number of amides is 1. The van der Waals surface area contributed by atoms with Gasteiger partial charge in [-0.25, -0.2) is 4.79 Å². The predicted octanol–water partition coefficient (Wildman–Crippen LogP) is 3.31. The summed E-state index contributed by atoms with van der Waals surface area (Å²) in [6, 6.07) is 7.28. The zero-order chi connectivity index (χ0) is 16.0. The Morgan fingerprint density at radius 3 is 2.33 bits per heavy atom. The first kappa shape index (κ1) is 16.9. The van der Waals surface area contributed by atoms with Gasteiger partial charge in [-0.05, 0) is 26.3 Å². The Hall–Kier alpha value is -2.11. The molecule has 2 atom stereocenters. The summed E-state index contributed by atoms with van der Waals surface area (Å²) in [5, 5.41) is 13.8. The van der Waals surface area contributed by atoms with Crippen LogP contribution in [-0.4, -0.2) is 22.7 Å². The van der Waals surface area contributed by atoms with E-state index in [0.717, 1.165) is 0 Å². The summed E-state index contributed by atoms with van der Waals surface area (Å²) >= 11 is 0. The lowest BCUT2D eigenvalue weighted by Gasteiger charge is -2.25. The van der Waals surface area contributed by atoms with Gasteiger partial charge in [-0.3, -0.25) is 10.1 Å². The van der Waals surface area contributed by atoms with Gasteiger partial charge in [0.1, 0.15) is 11.6 Å². The average molecular weight is 294 g/mol. The summed E-state index contributed by atoms with van der Waals surface area (Å²) in [6.07, 6.45) is -0.348. The highest BCUT2D eigenvalue weighted by Gasteiger charge is 2.33. The fraction of sp³-hybridized carbons (Fsp3) is 0.533. The third kappa shape index (κ3) is 5.41. The van der Waals surface area contributed by atoms with E-state index in [2.05, 4.69) is 5.32 Å². The topological polar surface area (TPSA) is 81.5 Å². The molecule has 0 saturated heterocycles. The molecule has 6 heteroatoms.